The van der Waals surface area contributed by atoms with Crippen LogP contribution in [-0.2, 0) is 4.84 Å². The topological polar surface area (TPSA) is 21.3 Å². The van der Waals surface area contributed by atoms with E-state index in [2.05, 4.69) is 33.3 Å². The lowest BCUT2D eigenvalue weighted by Crippen LogP contribution is -2.18. The molecule has 0 saturated heterocycles. The van der Waals surface area contributed by atoms with Gasteiger partial charge in [-0.15, -0.1) is 0 Å². The molecule has 0 unspecified atom stereocenters. The molecular weight excluding hydrogens is 102 g/mol. The summed E-state index contributed by atoms with van der Waals surface area (Å²) in [4.78, 5) is 4.84. The molecule has 8 heavy (non-hydrogen) atoms. The molecule has 0 aromatic carbocycles. The second-order valence-corrected chi connectivity index (χ2v) is 2.99. The SMILES string of the molecule is [CH2]NOCC(C)(C)C. The van der Waals surface area contributed by atoms with Gasteiger partial charge in [0.2, 0.25) is 0 Å². The first-order valence-electron chi connectivity index (χ1n) is 2.70. The van der Waals surface area contributed by atoms with E-state index in [1.165, 1.54) is 0 Å². The number of hydrogen-bond donors (Lipinski definition) is 1. The zero-order chi connectivity index (χ0) is 6.62. The fraction of sp³-hybridized carbons (Fsp3) is 0.833. The third-order valence-electron chi connectivity index (χ3n) is 0.607. The average molecular weight is 116 g/mol. The van der Waals surface area contributed by atoms with Crippen LogP contribution in [0.25, 0.3) is 0 Å². The van der Waals surface area contributed by atoms with Crippen molar-refractivity contribution >= 4 is 0 Å². The number of nitrogens with one attached hydrogen (secondary N) is 1. The molecule has 0 heterocycles. The monoisotopic (exact) mass is 116 g/mol. The lowest BCUT2D eigenvalue weighted by atomic mass is 9.99. The maximum atomic E-state index is 4.84. The van der Waals surface area contributed by atoms with Crippen LogP contribution in [0.5, 0.6) is 0 Å². The van der Waals surface area contributed by atoms with Crippen molar-refractivity contribution in [2.24, 2.45) is 5.41 Å². The Kier molecular flexibility index (Phi) is 3.02. The molecule has 0 aromatic heterocycles. The van der Waals surface area contributed by atoms with Crippen molar-refractivity contribution in [2.45, 2.75) is 20.8 Å². The summed E-state index contributed by atoms with van der Waals surface area (Å²) in [6.07, 6.45) is 0. The molecule has 0 saturated carbocycles. The van der Waals surface area contributed by atoms with Crippen LogP contribution >= 0.6 is 0 Å². The predicted molar refractivity (Wildman–Crippen MR) is 33.9 cm³/mol. The predicted octanol–water partition coefficient (Wildman–Crippen LogP) is 1.35. The van der Waals surface area contributed by atoms with Crippen molar-refractivity contribution in [3.8, 4) is 0 Å². The summed E-state index contributed by atoms with van der Waals surface area (Å²) in [6, 6.07) is 0. The number of hydrogen-bond acceptors (Lipinski definition) is 2. The summed E-state index contributed by atoms with van der Waals surface area (Å²) in [5, 5.41) is 0. The minimum atomic E-state index is 0.227. The summed E-state index contributed by atoms with van der Waals surface area (Å²) in [5.74, 6) is 0. The Hall–Kier alpha value is -0.0800. The second-order valence-electron chi connectivity index (χ2n) is 2.99. The highest BCUT2D eigenvalue weighted by Gasteiger charge is 2.08. The van der Waals surface area contributed by atoms with Crippen LogP contribution < -0.4 is 5.48 Å². The van der Waals surface area contributed by atoms with E-state index < -0.39 is 0 Å². The van der Waals surface area contributed by atoms with Crippen LogP contribution in [0.2, 0.25) is 0 Å². The van der Waals surface area contributed by atoms with Gasteiger partial charge < -0.3 is 4.84 Å². The molecular formula is C6H14NO. The first-order valence-corrected chi connectivity index (χ1v) is 2.70. The fourth-order valence-electron chi connectivity index (χ4n) is 0.268. The smallest absolute Gasteiger partial charge is 0.0730 e. The van der Waals surface area contributed by atoms with Gasteiger partial charge in [0.05, 0.1) is 6.61 Å². The third kappa shape index (κ3) is 5.92. The van der Waals surface area contributed by atoms with Crippen LogP contribution in [0.1, 0.15) is 20.8 Å². The largest absolute Gasteiger partial charge is 0.301 e. The molecule has 0 rings (SSSR count). The van der Waals surface area contributed by atoms with Gasteiger partial charge in [0.15, 0.2) is 0 Å². The second kappa shape index (κ2) is 3.05. The molecule has 49 valence electrons. The van der Waals surface area contributed by atoms with E-state index in [1.807, 2.05) is 0 Å². The Bertz CT molecular complexity index is 56.0. The molecule has 0 bridgehead atoms. The minimum Gasteiger partial charge on any atom is -0.301 e. The summed E-state index contributed by atoms with van der Waals surface area (Å²) in [6.45, 7) is 7.00. The Morgan fingerprint density at radius 1 is 1.50 bits per heavy atom. The normalized spacial score (nSPS) is 12.0. The quantitative estimate of drug-likeness (QED) is 0.550. The lowest BCUT2D eigenvalue weighted by molar-refractivity contribution is 0.0190. The molecule has 0 aliphatic carbocycles. The van der Waals surface area contributed by atoms with Crippen molar-refractivity contribution in [1.82, 2.24) is 5.48 Å². The summed E-state index contributed by atoms with van der Waals surface area (Å²) < 4.78 is 0. The van der Waals surface area contributed by atoms with Crippen molar-refractivity contribution in [2.75, 3.05) is 6.61 Å². The number of hydroxylamine groups is 1. The third-order valence-corrected chi connectivity index (χ3v) is 0.607. The van der Waals surface area contributed by atoms with Gasteiger partial charge in [0.1, 0.15) is 0 Å². The minimum absolute atomic E-state index is 0.227. The molecule has 0 spiro atoms. The van der Waals surface area contributed by atoms with E-state index in [4.69, 9.17) is 4.84 Å². The highest BCUT2D eigenvalue weighted by atomic mass is 16.6. The molecule has 0 aliphatic heterocycles. The van der Waals surface area contributed by atoms with Crippen LogP contribution in [0, 0.1) is 12.5 Å². The Morgan fingerprint density at radius 2 is 2.00 bits per heavy atom. The van der Waals surface area contributed by atoms with Crippen molar-refractivity contribution in [3.05, 3.63) is 7.05 Å². The van der Waals surface area contributed by atoms with Crippen LogP contribution in [0.3, 0.4) is 0 Å². The van der Waals surface area contributed by atoms with Gasteiger partial charge in [0, 0.05) is 7.05 Å². The molecule has 2 nitrogen and oxygen atoms in total. The first-order chi connectivity index (χ1) is 3.56. The zero-order valence-electron chi connectivity index (χ0n) is 5.82. The molecule has 0 fully saturated rings. The van der Waals surface area contributed by atoms with E-state index in [1.54, 1.807) is 0 Å². The molecule has 0 aromatic rings. The Labute approximate surface area is 51.2 Å². The van der Waals surface area contributed by atoms with E-state index in [0.29, 0.717) is 6.61 Å². The molecule has 1 N–H and O–H groups in total. The van der Waals surface area contributed by atoms with Crippen molar-refractivity contribution < 1.29 is 4.84 Å². The van der Waals surface area contributed by atoms with Crippen molar-refractivity contribution in [3.63, 3.8) is 0 Å². The van der Waals surface area contributed by atoms with Gasteiger partial charge in [0.25, 0.3) is 0 Å². The van der Waals surface area contributed by atoms with E-state index in [0.717, 1.165) is 0 Å². The standard InChI is InChI=1S/C6H14NO/c1-6(2,3)5-8-7-4/h7H,4-5H2,1-3H3. The van der Waals surface area contributed by atoms with Gasteiger partial charge in [-0.05, 0) is 5.41 Å². The van der Waals surface area contributed by atoms with E-state index >= 15 is 0 Å². The summed E-state index contributed by atoms with van der Waals surface area (Å²) in [5.41, 5.74) is 2.60. The summed E-state index contributed by atoms with van der Waals surface area (Å²) in [7, 11) is 3.32. The van der Waals surface area contributed by atoms with Crippen LogP contribution in [-0.4, -0.2) is 6.61 Å². The van der Waals surface area contributed by atoms with Gasteiger partial charge in [-0.25, -0.2) is 5.48 Å². The maximum absolute atomic E-state index is 4.84. The van der Waals surface area contributed by atoms with Crippen LogP contribution in [0.4, 0.5) is 0 Å². The molecule has 0 aliphatic rings. The highest BCUT2D eigenvalue weighted by molar-refractivity contribution is 4.57. The van der Waals surface area contributed by atoms with Gasteiger partial charge in [-0.3, -0.25) is 0 Å². The zero-order valence-corrected chi connectivity index (χ0v) is 5.82. The van der Waals surface area contributed by atoms with E-state index in [9.17, 15) is 0 Å². The van der Waals surface area contributed by atoms with Crippen molar-refractivity contribution in [1.29, 1.82) is 0 Å². The average Bonchev–Trinajstić information content (AvgIpc) is 1.59. The molecule has 1 radical (unpaired) electrons. The molecule has 2 heteroatoms. The van der Waals surface area contributed by atoms with Gasteiger partial charge in [-0.1, -0.05) is 20.8 Å². The molecule has 0 atom stereocenters. The van der Waals surface area contributed by atoms with E-state index in [-0.39, 0.29) is 5.41 Å². The highest BCUT2D eigenvalue weighted by Crippen LogP contribution is 2.11. The summed E-state index contributed by atoms with van der Waals surface area (Å²) >= 11 is 0. The van der Waals surface area contributed by atoms with Gasteiger partial charge >= 0.3 is 0 Å². The van der Waals surface area contributed by atoms with Crippen LogP contribution in [0.15, 0.2) is 0 Å². The first kappa shape index (κ1) is 7.92. The lowest BCUT2D eigenvalue weighted by Gasteiger charge is -2.16. The molecule has 0 amide bonds. The maximum Gasteiger partial charge on any atom is 0.0730 e. The van der Waals surface area contributed by atoms with Gasteiger partial charge in [-0.2, -0.15) is 0 Å². The Morgan fingerprint density at radius 3 is 2.12 bits per heavy atom. The fourth-order valence-corrected chi connectivity index (χ4v) is 0.268. The number of rotatable bonds is 2. The Balaban J connectivity index is 3.11.